The number of nitro benzene ring substituents is 1. The first-order valence-electron chi connectivity index (χ1n) is 5.62. The van der Waals surface area contributed by atoms with Crippen molar-refractivity contribution in [2.45, 2.75) is 19.4 Å². The number of aromatic nitrogens is 1. The number of nitrogens with one attached hydrogen (secondary N) is 1. The van der Waals surface area contributed by atoms with Gasteiger partial charge in [0.15, 0.2) is 0 Å². The lowest BCUT2D eigenvalue weighted by Crippen LogP contribution is -2.28. The molecule has 0 unspecified atom stereocenters. The van der Waals surface area contributed by atoms with Gasteiger partial charge in [-0.05, 0) is 19.9 Å². The van der Waals surface area contributed by atoms with Gasteiger partial charge in [-0.3, -0.25) is 10.1 Å². The fraction of sp³-hybridized carbons (Fsp3) is 0.250. The molecule has 1 heterocycles. The molecule has 3 N–H and O–H groups in total. The van der Waals surface area contributed by atoms with E-state index < -0.39 is 10.5 Å². The Kier molecular flexibility index (Phi) is 3.39. The zero-order valence-electron chi connectivity index (χ0n) is 10.6. The number of hydrogen-bond donors (Lipinski definition) is 2. The Balaban J connectivity index is 2.27. The van der Waals surface area contributed by atoms with Gasteiger partial charge in [0.1, 0.15) is 5.01 Å². The molecule has 0 aliphatic rings. The molecule has 0 saturated carbocycles. The first-order chi connectivity index (χ1) is 8.90. The number of nitrogens with two attached hydrogens (primary N) is 1. The fourth-order valence-corrected chi connectivity index (χ4v) is 2.42. The maximum atomic E-state index is 10.7. The zero-order chi connectivity index (χ0) is 14.0. The minimum Gasteiger partial charge on any atom is -0.397 e. The summed E-state index contributed by atoms with van der Waals surface area (Å²) >= 11 is 1.54. The average Bonchev–Trinajstić information content (AvgIpc) is 2.85. The van der Waals surface area contributed by atoms with E-state index >= 15 is 0 Å². The van der Waals surface area contributed by atoms with Gasteiger partial charge in [-0.2, -0.15) is 0 Å². The topological polar surface area (TPSA) is 94.1 Å². The third-order valence-electron chi connectivity index (χ3n) is 2.66. The van der Waals surface area contributed by atoms with E-state index in [0.717, 1.165) is 5.01 Å². The van der Waals surface area contributed by atoms with Gasteiger partial charge in [0.25, 0.3) is 5.69 Å². The molecular weight excluding hydrogens is 264 g/mol. The molecule has 100 valence electrons. The predicted molar refractivity (Wildman–Crippen MR) is 76.3 cm³/mol. The molecular formula is C12H14N4O2S. The summed E-state index contributed by atoms with van der Waals surface area (Å²) in [6.45, 7) is 3.96. The number of hydrogen-bond acceptors (Lipinski definition) is 6. The van der Waals surface area contributed by atoms with Crippen LogP contribution >= 0.6 is 11.3 Å². The van der Waals surface area contributed by atoms with Gasteiger partial charge in [-0.15, -0.1) is 11.3 Å². The molecule has 0 spiro atoms. The number of rotatable bonds is 4. The second-order valence-corrected chi connectivity index (χ2v) is 5.51. The molecule has 0 atom stereocenters. The van der Waals surface area contributed by atoms with Crippen LogP contribution in [0.15, 0.2) is 29.8 Å². The van der Waals surface area contributed by atoms with E-state index in [-0.39, 0.29) is 5.69 Å². The van der Waals surface area contributed by atoms with Gasteiger partial charge in [0.05, 0.1) is 21.8 Å². The van der Waals surface area contributed by atoms with Crippen molar-refractivity contribution in [3.05, 3.63) is 44.9 Å². The number of non-ortho nitro benzene ring substituents is 1. The van der Waals surface area contributed by atoms with Crippen LogP contribution in [0, 0.1) is 10.1 Å². The summed E-state index contributed by atoms with van der Waals surface area (Å²) in [5.41, 5.74) is 6.43. The second-order valence-electron chi connectivity index (χ2n) is 4.62. The highest BCUT2D eigenvalue weighted by atomic mass is 32.1. The molecule has 0 fully saturated rings. The van der Waals surface area contributed by atoms with Crippen molar-refractivity contribution in [3.63, 3.8) is 0 Å². The molecule has 0 aliphatic carbocycles. The van der Waals surface area contributed by atoms with Gasteiger partial charge in [0.2, 0.25) is 0 Å². The first kappa shape index (κ1) is 13.3. The van der Waals surface area contributed by atoms with Crippen LogP contribution in [0.2, 0.25) is 0 Å². The van der Waals surface area contributed by atoms with Crippen molar-refractivity contribution in [2.75, 3.05) is 11.1 Å². The zero-order valence-corrected chi connectivity index (χ0v) is 11.4. The third kappa shape index (κ3) is 2.82. The van der Waals surface area contributed by atoms with Crippen molar-refractivity contribution >= 4 is 28.4 Å². The smallest absolute Gasteiger partial charge is 0.271 e. The lowest BCUT2D eigenvalue weighted by atomic mass is 10.1. The largest absolute Gasteiger partial charge is 0.397 e. The van der Waals surface area contributed by atoms with Crippen LogP contribution < -0.4 is 11.1 Å². The third-order valence-corrected chi connectivity index (χ3v) is 3.76. The van der Waals surface area contributed by atoms with Gasteiger partial charge in [-0.25, -0.2) is 4.98 Å². The van der Waals surface area contributed by atoms with Crippen LogP contribution in [0.5, 0.6) is 0 Å². The van der Waals surface area contributed by atoms with Crippen LogP contribution in [0.4, 0.5) is 17.1 Å². The summed E-state index contributed by atoms with van der Waals surface area (Å²) in [5.74, 6) is 0. The normalized spacial score (nSPS) is 11.3. The maximum Gasteiger partial charge on any atom is 0.271 e. The Morgan fingerprint density at radius 2 is 2.21 bits per heavy atom. The Morgan fingerprint density at radius 1 is 1.47 bits per heavy atom. The second kappa shape index (κ2) is 4.85. The van der Waals surface area contributed by atoms with Crippen molar-refractivity contribution in [3.8, 4) is 0 Å². The van der Waals surface area contributed by atoms with Gasteiger partial charge >= 0.3 is 0 Å². The number of benzene rings is 1. The molecule has 1 aromatic carbocycles. The standard InChI is InChI=1S/C12H14N4O2S/c1-12(2,11-14-5-6-19-11)15-10-4-3-8(16(17)18)7-9(10)13/h3-7,15H,13H2,1-2H3. The van der Waals surface area contributed by atoms with Crippen LogP contribution in [0.25, 0.3) is 0 Å². The Hall–Kier alpha value is -2.15. The summed E-state index contributed by atoms with van der Waals surface area (Å²) in [4.78, 5) is 14.5. The van der Waals surface area contributed by atoms with E-state index in [4.69, 9.17) is 5.73 Å². The number of nitrogen functional groups attached to an aromatic ring is 1. The summed E-state index contributed by atoms with van der Waals surface area (Å²) in [5, 5.41) is 16.7. The van der Waals surface area contributed by atoms with Gasteiger partial charge in [-0.1, -0.05) is 0 Å². The monoisotopic (exact) mass is 278 g/mol. The van der Waals surface area contributed by atoms with E-state index in [9.17, 15) is 10.1 Å². The molecule has 19 heavy (non-hydrogen) atoms. The van der Waals surface area contributed by atoms with E-state index in [1.54, 1.807) is 23.6 Å². The number of anilines is 2. The minimum atomic E-state index is -0.466. The summed E-state index contributed by atoms with van der Waals surface area (Å²) in [7, 11) is 0. The minimum absolute atomic E-state index is 0.0184. The molecule has 2 aromatic rings. The van der Waals surface area contributed by atoms with E-state index in [0.29, 0.717) is 11.4 Å². The first-order valence-corrected chi connectivity index (χ1v) is 6.50. The molecule has 0 bridgehead atoms. The summed E-state index contributed by atoms with van der Waals surface area (Å²) in [6.07, 6.45) is 1.74. The number of nitrogens with zero attached hydrogens (tertiary/aromatic N) is 2. The van der Waals surface area contributed by atoms with Crippen molar-refractivity contribution in [1.29, 1.82) is 0 Å². The highest BCUT2D eigenvalue weighted by Gasteiger charge is 2.24. The van der Waals surface area contributed by atoms with E-state index in [1.807, 2.05) is 19.2 Å². The lowest BCUT2D eigenvalue weighted by molar-refractivity contribution is -0.384. The average molecular weight is 278 g/mol. The Bertz CT molecular complexity index is 596. The quantitative estimate of drug-likeness (QED) is 0.509. The molecule has 0 amide bonds. The molecule has 7 heteroatoms. The molecule has 6 nitrogen and oxygen atoms in total. The molecule has 2 rings (SSSR count). The van der Waals surface area contributed by atoms with Crippen LogP contribution in [-0.4, -0.2) is 9.91 Å². The van der Waals surface area contributed by atoms with Gasteiger partial charge < -0.3 is 11.1 Å². The Labute approximate surface area is 114 Å². The van der Waals surface area contributed by atoms with Crippen molar-refractivity contribution < 1.29 is 4.92 Å². The van der Waals surface area contributed by atoms with Crippen molar-refractivity contribution in [1.82, 2.24) is 4.98 Å². The van der Waals surface area contributed by atoms with Crippen molar-refractivity contribution in [2.24, 2.45) is 0 Å². The summed E-state index contributed by atoms with van der Waals surface area (Å²) in [6, 6.07) is 4.39. The molecule has 0 aliphatic heterocycles. The number of nitro groups is 1. The molecule has 0 saturated heterocycles. The molecule has 0 radical (unpaired) electrons. The highest BCUT2D eigenvalue weighted by molar-refractivity contribution is 7.09. The van der Waals surface area contributed by atoms with Crippen LogP contribution in [0.3, 0.4) is 0 Å². The Morgan fingerprint density at radius 3 is 2.74 bits per heavy atom. The van der Waals surface area contributed by atoms with Gasteiger partial charge in [0, 0.05) is 23.7 Å². The van der Waals surface area contributed by atoms with E-state index in [2.05, 4.69) is 10.3 Å². The maximum absolute atomic E-state index is 10.7. The SMILES string of the molecule is CC(C)(Nc1ccc([N+](=O)[O-])cc1N)c1nccs1. The molecule has 1 aromatic heterocycles. The lowest BCUT2D eigenvalue weighted by Gasteiger charge is -2.25. The van der Waals surface area contributed by atoms with Crippen LogP contribution in [-0.2, 0) is 5.54 Å². The van der Waals surface area contributed by atoms with Crippen LogP contribution in [0.1, 0.15) is 18.9 Å². The highest BCUT2D eigenvalue weighted by Crippen LogP contribution is 2.31. The fourth-order valence-electron chi connectivity index (χ4n) is 1.70. The summed E-state index contributed by atoms with van der Waals surface area (Å²) < 4.78 is 0. The van der Waals surface area contributed by atoms with E-state index in [1.165, 1.54) is 12.1 Å². The number of thiazole rings is 1. The predicted octanol–water partition coefficient (Wildman–Crippen LogP) is 2.98.